The smallest absolute Gasteiger partial charge is 0.418 e. The van der Waals surface area contributed by atoms with Gasteiger partial charge >= 0.3 is 12.1 Å². The lowest BCUT2D eigenvalue weighted by Crippen LogP contribution is -2.51. The van der Waals surface area contributed by atoms with Gasteiger partial charge in [-0.2, -0.15) is 13.2 Å². The van der Waals surface area contributed by atoms with Crippen molar-refractivity contribution in [2.24, 2.45) is 4.99 Å². The lowest BCUT2D eigenvalue weighted by atomic mass is 10.1. The molecule has 2 unspecified atom stereocenters. The lowest BCUT2D eigenvalue weighted by Gasteiger charge is -2.36. The van der Waals surface area contributed by atoms with Crippen LogP contribution >= 0.6 is 0 Å². The number of hydrogen-bond acceptors (Lipinski definition) is 8. The van der Waals surface area contributed by atoms with Crippen LogP contribution in [0.2, 0.25) is 0 Å². The fourth-order valence-corrected chi connectivity index (χ4v) is 3.91. The Balaban J connectivity index is 1.51. The molecule has 0 amide bonds. The van der Waals surface area contributed by atoms with Crippen LogP contribution in [0.4, 0.5) is 30.2 Å². The van der Waals surface area contributed by atoms with Crippen LogP contribution < -0.4 is 25.8 Å². The van der Waals surface area contributed by atoms with Gasteiger partial charge in [0.1, 0.15) is 11.6 Å². The molecule has 2 atom stereocenters. The van der Waals surface area contributed by atoms with Crippen LogP contribution in [0.5, 0.6) is 5.75 Å². The number of ether oxygens (including phenoxy) is 2. The summed E-state index contributed by atoms with van der Waals surface area (Å²) in [6.45, 7) is 2.25. The third-order valence-electron chi connectivity index (χ3n) is 5.36. The van der Waals surface area contributed by atoms with E-state index in [2.05, 4.69) is 25.8 Å². The first-order valence-corrected chi connectivity index (χ1v) is 9.79. The molecule has 168 valence electrons. The quantitative estimate of drug-likeness (QED) is 0.638. The average molecular weight is 447 g/mol. The fraction of sp³-hybridized carbons (Fsp3) is 0.286. The van der Waals surface area contributed by atoms with E-state index in [-0.39, 0.29) is 5.56 Å². The van der Waals surface area contributed by atoms with Crippen LogP contribution in [-0.2, 0) is 9.57 Å². The number of allylic oxidation sites excluding steroid dienone is 1. The van der Waals surface area contributed by atoms with Gasteiger partial charge < -0.3 is 20.1 Å². The van der Waals surface area contributed by atoms with Gasteiger partial charge in [-0.3, -0.25) is 4.90 Å². The van der Waals surface area contributed by atoms with Gasteiger partial charge in [0.15, 0.2) is 12.8 Å². The van der Waals surface area contributed by atoms with E-state index < -0.39 is 18.3 Å². The molecule has 2 bridgehead atoms. The molecule has 1 saturated heterocycles. The number of hydrogen-bond donors (Lipinski definition) is 3. The molecule has 2 aromatic rings. The van der Waals surface area contributed by atoms with Gasteiger partial charge in [0.25, 0.3) is 0 Å². The summed E-state index contributed by atoms with van der Waals surface area (Å²) in [7, 11) is 1.03. The van der Waals surface area contributed by atoms with Gasteiger partial charge in [0, 0.05) is 24.6 Å². The summed E-state index contributed by atoms with van der Waals surface area (Å²) in [5, 5.41) is 6.27. The molecular formula is C21H20F3N5O3. The average Bonchev–Trinajstić information content (AvgIpc) is 3.32. The summed E-state index contributed by atoms with van der Waals surface area (Å²) in [4.78, 5) is 12.2. The Labute approximate surface area is 181 Å². The zero-order valence-electron chi connectivity index (χ0n) is 17.2. The summed E-state index contributed by atoms with van der Waals surface area (Å²) in [5.41, 5.74) is 5.61. The van der Waals surface area contributed by atoms with Crippen molar-refractivity contribution < 1.29 is 27.5 Å². The van der Waals surface area contributed by atoms with E-state index in [9.17, 15) is 13.2 Å². The van der Waals surface area contributed by atoms with Crippen LogP contribution in [0.3, 0.4) is 0 Å². The van der Waals surface area contributed by atoms with Crippen molar-refractivity contribution in [1.82, 2.24) is 5.48 Å². The Morgan fingerprint density at radius 1 is 1.25 bits per heavy atom. The Hall–Kier alpha value is -3.44. The van der Waals surface area contributed by atoms with E-state index in [1.807, 2.05) is 25.1 Å². The Kier molecular flexibility index (Phi) is 4.68. The maximum Gasteiger partial charge on any atom is 0.418 e. The maximum absolute atomic E-state index is 13.3. The first-order chi connectivity index (χ1) is 15.3. The maximum atomic E-state index is 13.3. The number of halogens is 3. The SMILES string of the molecule is COC(c1cccc(NC23N=CC(C)=C(NO2)N3c2ccc3c(c2)NCO3)c1)C(F)(F)F. The number of benzene rings is 2. The van der Waals surface area contributed by atoms with Crippen LogP contribution in [0, 0.1) is 0 Å². The third kappa shape index (κ3) is 3.30. The number of nitrogens with zero attached hydrogens (tertiary/aromatic N) is 2. The minimum Gasteiger partial charge on any atom is -0.471 e. The summed E-state index contributed by atoms with van der Waals surface area (Å²) >= 11 is 0. The molecule has 3 heterocycles. The van der Waals surface area contributed by atoms with Crippen LogP contribution in [0.25, 0.3) is 0 Å². The van der Waals surface area contributed by atoms with E-state index in [0.29, 0.717) is 18.2 Å². The predicted molar refractivity (Wildman–Crippen MR) is 112 cm³/mol. The molecule has 3 aliphatic rings. The van der Waals surface area contributed by atoms with Crippen LogP contribution in [0.15, 0.2) is 58.9 Å². The predicted octanol–water partition coefficient (Wildman–Crippen LogP) is 4.08. The van der Waals surface area contributed by atoms with E-state index in [4.69, 9.17) is 9.57 Å². The third-order valence-corrected chi connectivity index (χ3v) is 5.36. The van der Waals surface area contributed by atoms with Gasteiger partial charge in [-0.15, -0.1) is 0 Å². The van der Waals surface area contributed by atoms with Crippen molar-refractivity contribution >= 4 is 23.3 Å². The van der Waals surface area contributed by atoms with Crippen molar-refractivity contribution in [3.63, 3.8) is 0 Å². The molecule has 0 saturated carbocycles. The normalized spacial score (nSPS) is 22.2. The van der Waals surface area contributed by atoms with Gasteiger partial charge in [-0.05, 0) is 42.8 Å². The monoisotopic (exact) mass is 447 g/mol. The van der Waals surface area contributed by atoms with E-state index in [1.165, 1.54) is 18.2 Å². The van der Waals surface area contributed by atoms with E-state index in [0.717, 1.165) is 29.8 Å². The number of anilines is 3. The number of hydroxylamine groups is 1. The van der Waals surface area contributed by atoms with Crippen molar-refractivity contribution in [1.29, 1.82) is 0 Å². The highest BCUT2D eigenvalue weighted by atomic mass is 19.4. The van der Waals surface area contributed by atoms with Gasteiger partial charge in [0.2, 0.25) is 0 Å². The first-order valence-electron chi connectivity index (χ1n) is 9.79. The highest BCUT2D eigenvalue weighted by Crippen LogP contribution is 2.42. The fourth-order valence-electron chi connectivity index (χ4n) is 3.91. The van der Waals surface area contributed by atoms with Crippen molar-refractivity contribution in [3.05, 3.63) is 59.4 Å². The zero-order valence-corrected chi connectivity index (χ0v) is 17.2. The number of nitrogens with one attached hydrogen (secondary N) is 3. The van der Waals surface area contributed by atoms with Crippen molar-refractivity contribution in [2.75, 3.05) is 29.4 Å². The highest BCUT2D eigenvalue weighted by Gasteiger charge is 2.50. The molecule has 32 heavy (non-hydrogen) atoms. The first kappa shape index (κ1) is 20.5. The van der Waals surface area contributed by atoms with E-state index >= 15 is 0 Å². The molecule has 0 radical (unpaired) electrons. The minimum absolute atomic E-state index is 0.0375. The van der Waals surface area contributed by atoms with Crippen LogP contribution in [0.1, 0.15) is 18.6 Å². The second kappa shape index (κ2) is 7.31. The van der Waals surface area contributed by atoms with Crippen molar-refractivity contribution in [3.8, 4) is 5.75 Å². The second-order valence-corrected chi connectivity index (χ2v) is 7.49. The molecule has 2 aromatic carbocycles. The van der Waals surface area contributed by atoms with Crippen molar-refractivity contribution in [2.45, 2.75) is 25.2 Å². The molecule has 3 aliphatic heterocycles. The topological polar surface area (TPSA) is 79.4 Å². The Bertz CT molecular complexity index is 1120. The minimum atomic E-state index is -4.54. The molecule has 1 fully saturated rings. The lowest BCUT2D eigenvalue weighted by molar-refractivity contribution is -0.215. The van der Waals surface area contributed by atoms with E-state index in [1.54, 1.807) is 17.2 Å². The zero-order chi connectivity index (χ0) is 22.5. The molecule has 11 heteroatoms. The molecule has 0 aromatic heterocycles. The Morgan fingerprint density at radius 3 is 2.88 bits per heavy atom. The standard InChI is InChI=1S/C21H20F3N5O3/c1-12-10-26-21(27-14-5-3-4-13(8-14)18(30-2)20(22,23)24)29(19(12)28-32-21)15-6-7-17-16(9-15)25-11-31-17/h3-10,18,25,27-28H,11H2,1-2H3. The van der Waals surface area contributed by atoms with Gasteiger partial charge in [-0.1, -0.05) is 12.1 Å². The summed E-state index contributed by atoms with van der Waals surface area (Å²) < 4.78 is 50.2. The molecule has 8 nitrogen and oxygen atoms in total. The number of rotatable bonds is 5. The molecule has 3 N–H and O–H groups in total. The number of methoxy groups -OCH3 is 1. The molecular weight excluding hydrogens is 427 g/mol. The summed E-state index contributed by atoms with van der Waals surface area (Å²) in [5.74, 6) is -0.0525. The number of aliphatic imine (C=N–C) groups is 1. The Morgan fingerprint density at radius 2 is 2.09 bits per heavy atom. The van der Waals surface area contributed by atoms with Gasteiger partial charge in [-0.25, -0.2) is 15.3 Å². The molecule has 0 spiro atoms. The largest absolute Gasteiger partial charge is 0.471 e. The second-order valence-electron chi connectivity index (χ2n) is 7.49. The highest BCUT2D eigenvalue weighted by molar-refractivity contribution is 5.85. The number of fused-ring (bicyclic) bond motifs is 3. The summed E-state index contributed by atoms with van der Waals surface area (Å²) in [6, 6.07) is 11.5. The van der Waals surface area contributed by atoms with Crippen LogP contribution in [-0.4, -0.2) is 32.2 Å². The summed E-state index contributed by atoms with van der Waals surface area (Å²) in [6.07, 6.45) is -4.94. The molecule has 0 aliphatic carbocycles. The molecule has 5 rings (SSSR count). The van der Waals surface area contributed by atoms with Gasteiger partial charge in [0.05, 0.1) is 11.4 Å². The number of alkyl halides is 3.